The minimum absolute atomic E-state index is 0.0142. The molecular formula is C21H19ClFN3O4S2. The second-order valence-electron chi connectivity index (χ2n) is 7.53. The number of nitro benzene ring substituents is 1. The number of aromatic nitrogens is 1. The number of piperidine rings is 1. The third-order valence-electron chi connectivity index (χ3n) is 5.42. The number of rotatable bonds is 6. The molecule has 4 rings (SSSR count). The minimum Gasteiger partial charge on any atom is -0.348 e. The first kappa shape index (κ1) is 22.6. The fraction of sp³-hybridized carbons (Fsp3) is 0.286. The quantitative estimate of drug-likeness (QED) is 0.357. The van der Waals surface area contributed by atoms with Crippen LogP contribution in [-0.4, -0.2) is 36.7 Å². The Hall–Kier alpha value is -2.56. The van der Waals surface area contributed by atoms with E-state index >= 15 is 0 Å². The molecule has 11 heteroatoms. The molecule has 0 bridgehead atoms. The van der Waals surface area contributed by atoms with Crippen LogP contribution in [-0.2, 0) is 16.3 Å². The number of non-ortho nitro benzene ring substituents is 1. The summed E-state index contributed by atoms with van der Waals surface area (Å²) in [5.74, 6) is -0.461. The standard InChI is InChI=1S/C21H19ClFN3O4S2/c22-19-11-14(4-5-20(19)23)10-15-13-31-21(24-15)25-8-6-17(7-9-25)32(29,30)18-3-1-2-16(12-18)26(27)28/h1-5,11-13,17H,6-10H2. The molecule has 1 aliphatic rings. The van der Waals surface area contributed by atoms with Gasteiger partial charge in [0, 0.05) is 37.0 Å². The molecule has 3 aromatic rings. The van der Waals surface area contributed by atoms with E-state index in [1.165, 1.54) is 35.6 Å². The van der Waals surface area contributed by atoms with Crippen molar-refractivity contribution in [2.45, 2.75) is 29.4 Å². The summed E-state index contributed by atoms with van der Waals surface area (Å²) in [5.41, 5.74) is 1.45. The normalized spacial score (nSPS) is 15.1. The molecule has 0 amide bonds. The Labute approximate surface area is 193 Å². The summed E-state index contributed by atoms with van der Waals surface area (Å²) in [6.45, 7) is 1.04. The molecule has 7 nitrogen and oxygen atoms in total. The van der Waals surface area contributed by atoms with Gasteiger partial charge < -0.3 is 4.90 Å². The van der Waals surface area contributed by atoms with Crippen molar-refractivity contribution < 1.29 is 17.7 Å². The molecule has 0 spiro atoms. The number of benzene rings is 2. The lowest BCUT2D eigenvalue weighted by Crippen LogP contribution is -2.39. The van der Waals surface area contributed by atoms with Gasteiger partial charge in [0.05, 0.1) is 25.8 Å². The lowest BCUT2D eigenvalue weighted by atomic mass is 10.1. The van der Waals surface area contributed by atoms with E-state index in [-0.39, 0.29) is 15.6 Å². The Kier molecular flexibility index (Phi) is 6.45. The summed E-state index contributed by atoms with van der Waals surface area (Å²) >= 11 is 7.32. The van der Waals surface area contributed by atoms with Gasteiger partial charge in [-0.05, 0) is 36.6 Å². The van der Waals surface area contributed by atoms with E-state index in [2.05, 4.69) is 4.98 Å². The van der Waals surface area contributed by atoms with Gasteiger partial charge >= 0.3 is 0 Å². The summed E-state index contributed by atoms with van der Waals surface area (Å²) in [5, 5.41) is 13.2. The second-order valence-corrected chi connectivity index (χ2v) is 11.0. The number of anilines is 1. The first-order chi connectivity index (χ1) is 15.2. The highest BCUT2D eigenvalue weighted by molar-refractivity contribution is 7.92. The highest BCUT2D eigenvalue weighted by Gasteiger charge is 2.32. The maximum Gasteiger partial charge on any atom is 0.270 e. The highest BCUT2D eigenvalue weighted by atomic mass is 35.5. The molecule has 0 atom stereocenters. The fourth-order valence-corrected chi connectivity index (χ4v) is 6.56. The molecule has 0 N–H and O–H groups in total. The van der Waals surface area contributed by atoms with Crippen LogP contribution < -0.4 is 4.90 Å². The third kappa shape index (κ3) is 4.77. The largest absolute Gasteiger partial charge is 0.348 e. The van der Waals surface area contributed by atoms with E-state index in [1.54, 1.807) is 12.1 Å². The first-order valence-corrected chi connectivity index (χ1v) is 12.7. The molecule has 168 valence electrons. The monoisotopic (exact) mass is 495 g/mol. The number of hydrogen-bond acceptors (Lipinski definition) is 7. The van der Waals surface area contributed by atoms with Gasteiger partial charge in [-0.3, -0.25) is 10.1 Å². The Morgan fingerprint density at radius 2 is 1.97 bits per heavy atom. The maximum atomic E-state index is 13.3. The van der Waals surface area contributed by atoms with Crippen LogP contribution in [0.15, 0.2) is 52.7 Å². The summed E-state index contributed by atoms with van der Waals surface area (Å²) < 4.78 is 39.3. The van der Waals surface area contributed by atoms with E-state index in [1.807, 2.05) is 10.3 Å². The third-order valence-corrected chi connectivity index (χ3v) is 8.92. The van der Waals surface area contributed by atoms with Crippen LogP contribution in [0, 0.1) is 15.9 Å². The van der Waals surface area contributed by atoms with Gasteiger partial charge in [-0.15, -0.1) is 11.3 Å². The molecule has 32 heavy (non-hydrogen) atoms. The Morgan fingerprint density at radius 1 is 1.22 bits per heavy atom. The van der Waals surface area contributed by atoms with Crippen LogP contribution in [0.2, 0.25) is 5.02 Å². The van der Waals surface area contributed by atoms with Crippen LogP contribution in [0.5, 0.6) is 0 Å². The second kappa shape index (κ2) is 9.13. The van der Waals surface area contributed by atoms with Gasteiger partial charge in [-0.1, -0.05) is 23.7 Å². The molecule has 2 heterocycles. The van der Waals surface area contributed by atoms with Gasteiger partial charge in [0.1, 0.15) is 5.82 Å². The fourth-order valence-electron chi connectivity index (χ4n) is 3.71. The van der Waals surface area contributed by atoms with Crippen LogP contribution in [0.3, 0.4) is 0 Å². The summed E-state index contributed by atoms with van der Waals surface area (Å²) in [6, 6.07) is 9.79. The zero-order valence-corrected chi connectivity index (χ0v) is 19.2. The molecule has 0 radical (unpaired) electrons. The Morgan fingerprint density at radius 3 is 2.66 bits per heavy atom. The van der Waals surface area contributed by atoms with Crippen molar-refractivity contribution >= 4 is 43.6 Å². The van der Waals surface area contributed by atoms with Crippen molar-refractivity contribution in [3.63, 3.8) is 0 Å². The summed E-state index contributed by atoms with van der Waals surface area (Å²) in [7, 11) is -3.66. The van der Waals surface area contributed by atoms with E-state index in [4.69, 9.17) is 11.6 Å². The van der Waals surface area contributed by atoms with E-state index in [9.17, 15) is 22.9 Å². The van der Waals surface area contributed by atoms with Crippen LogP contribution >= 0.6 is 22.9 Å². The molecule has 1 aliphatic heterocycles. The molecule has 0 unspecified atom stereocenters. The lowest BCUT2D eigenvalue weighted by molar-refractivity contribution is -0.385. The van der Waals surface area contributed by atoms with Gasteiger partial charge in [0.15, 0.2) is 15.0 Å². The number of thiazole rings is 1. The molecule has 1 saturated heterocycles. The lowest BCUT2D eigenvalue weighted by Gasteiger charge is -2.31. The minimum atomic E-state index is -3.66. The number of sulfone groups is 1. The molecule has 2 aromatic carbocycles. The SMILES string of the molecule is O=[N+]([O-])c1cccc(S(=O)(=O)C2CCN(c3nc(Cc4ccc(F)c(Cl)c4)cs3)CC2)c1. The highest BCUT2D eigenvalue weighted by Crippen LogP contribution is 2.31. The van der Waals surface area contributed by atoms with Crippen molar-refractivity contribution in [1.82, 2.24) is 4.98 Å². The Bertz CT molecular complexity index is 1260. The van der Waals surface area contributed by atoms with Gasteiger partial charge in [0.2, 0.25) is 0 Å². The number of nitro groups is 1. The van der Waals surface area contributed by atoms with Gasteiger partial charge in [-0.25, -0.2) is 17.8 Å². The number of halogens is 2. The predicted octanol–water partition coefficient (Wildman–Crippen LogP) is 4.88. The maximum absolute atomic E-state index is 13.3. The summed E-state index contributed by atoms with van der Waals surface area (Å²) in [4.78, 5) is 17.1. The molecule has 0 saturated carbocycles. The molecule has 1 aromatic heterocycles. The van der Waals surface area contributed by atoms with Crippen LogP contribution in [0.4, 0.5) is 15.2 Å². The average Bonchev–Trinajstić information content (AvgIpc) is 3.25. The number of nitrogens with zero attached hydrogens (tertiary/aromatic N) is 3. The van der Waals surface area contributed by atoms with Crippen LogP contribution in [0.1, 0.15) is 24.1 Å². The van der Waals surface area contributed by atoms with Gasteiger partial charge in [0.25, 0.3) is 5.69 Å². The smallest absolute Gasteiger partial charge is 0.270 e. The van der Waals surface area contributed by atoms with Crippen molar-refractivity contribution in [1.29, 1.82) is 0 Å². The van der Waals surface area contributed by atoms with Crippen LogP contribution in [0.25, 0.3) is 0 Å². The first-order valence-electron chi connectivity index (χ1n) is 9.85. The molecule has 0 aliphatic carbocycles. The summed E-state index contributed by atoms with van der Waals surface area (Å²) in [6.07, 6.45) is 1.34. The Balaban J connectivity index is 1.41. The van der Waals surface area contributed by atoms with E-state index in [0.717, 1.165) is 22.5 Å². The van der Waals surface area contributed by atoms with Crippen molar-refractivity contribution in [3.05, 3.63) is 80.1 Å². The topological polar surface area (TPSA) is 93.4 Å². The molecular weight excluding hydrogens is 477 g/mol. The van der Waals surface area contributed by atoms with Gasteiger partial charge in [-0.2, -0.15) is 0 Å². The average molecular weight is 496 g/mol. The van der Waals surface area contributed by atoms with Crippen molar-refractivity contribution in [3.8, 4) is 0 Å². The molecule has 1 fully saturated rings. The predicted molar refractivity (Wildman–Crippen MR) is 122 cm³/mol. The number of hydrogen-bond donors (Lipinski definition) is 0. The van der Waals surface area contributed by atoms with E-state index < -0.39 is 25.8 Å². The van der Waals surface area contributed by atoms with E-state index in [0.29, 0.717) is 32.4 Å². The van der Waals surface area contributed by atoms with Crippen molar-refractivity contribution in [2.75, 3.05) is 18.0 Å². The van der Waals surface area contributed by atoms with Crippen molar-refractivity contribution in [2.24, 2.45) is 0 Å². The zero-order valence-electron chi connectivity index (χ0n) is 16.8. The zero-order chi connectivity index (χ0) is 22.9.